The molecule has 1 atom stereocenters. The van der Waals surface area contributed by atoms with Crippen LogP contribution >= 0.6 is 0 Å². The van der Waals surface area contributed by atoms with Gasteiger partial charge < -0.3 is 5.32 Å². The van der Waals surface area contributed by atoms with Crippen LogP contribution in [0.15, 0.2) is 48.5 Å². The lowest BCUT2D eigenvalue weighted by Crippen LogP contribution is -2.38. The third-order valence-electron chi connectivity index (χ3n) is 3.60. The summed E-state index contributed by atoms with van der Waals surface area (Å²) in [5.41, 5.74) is 0.666. The van der Waals surface area contributed by atoms with Crippen molar-refractivity contribution in [1.82, 2.24) is 5.32 Å². The molecule has 0 spiro atoms. The molecule has 0 saturated carbocycles. The van der Waals surface area contributed by atoms with Crippen LogP contribution in [0, 0.1) is 11.6 Å². The van der Waals surface area contributed by atoms with Crippen molar-refractivity contribution in [3.8, 4) is 0 Å². The Morgan fingerprint density at radius 3 is 2.33 bits per heavy atom. The van der Waals surface area contributed by atoms with Crippen molar-refractivity contribution in [2.24, 2.45) is 0 Å². The summed E-state index contributed by atoms with van der Waals surface area (Å²) in [5.74, 6) is -2.26. The van der Waals surface area contributed by atoms with Crippen molar-refractivity contribution in [2.45, 2.75) is 24.5 Å². The van der Waals surface area contributed by atoms with Crippen LogP contribution in [-0.2, 0) is 26.9 Å². The normalized spacial score (nSPS) is 12.6. The highest BCUT2D eigenvalue weighted by Crippen LogP contribution is 2.15. The highest BCUT2D eigenvalue weighted by molar-refractivity contribution is 7.92. The van der Waals surface area contributed by atoms with Gasteiger partial charge in [-0.3, -0.25) is 4.79 Å². The quantitative estimate of drug-likeness (QED) is 0.868. The van der Waals surface area contributed by atoms with Crippen LogP contribution in [0.5, 0.6) is 0 Å². The van der Waals surface area contributed by atoms with Crippen molar-refractivity contribution in [3.05, 3.63) is 71.3 Å². The SMILES string of the molecule is CC(C(=O)NCc1ccc(F)cc1)S(=O)(=O)Cc1ccccc1F. The smallest absolute Gasteiger partial charge is 0.238 e. The molecule has 2 rings (SSSR count). The molecule has 4 nitrogen and oxygen atoms in total. The van der Waals surface area contributed by atoms with Gasteiger partial charge in [-0.15, -0.1) is 0 Å². The van der Waals surface area contributed by atoms with Gasteiger partial charge in [0, 0.05) is 12.1 Å². The van der Waals surface area contributed by atoms with Crippen molar-refractivity contribution < 1.29 is 22.0 Å². The zero-order valence-corrected chi connectivity index (χ0v) is 13.8. The maximum Gasteiger partial charge on any atom is 0.238 e. The summed E-state index contributed by atoms with van der Waals surface area (Å²) < 4.78 is 50.9. The maximum absolute atomic E-state index is 13.6. The summed E-state index contributed by atoms with van der Waals surface area (Å²) in [7, 11) is -3.86. The summed E-state index contributed by atoms with van der Waals surface area (Å²) in [4.78, 5) is 12.0. The lowest BCUT2D eigenvalue weighted by Gasteiger charge is -2.14. The van der Waals surface area contributed by atoms with Crippen LogP contribution in [0.1, 0.15) is 18.1 Å². The van der Waals surface area contributed by atoms with E-state index in [1.807, 2.05) is 0 Å². The van der Waals surface area contributed by atoms with E-state index in [0.29, 0.717) is 5.56 Å². The first-order chi connectivity index (χ1) is 11.3. The fourth-order valence-electron chi connectivity index (χ4n) is 2.06. The Labute approximate surface area is 139 Å². The zero-order chi connectivity index (χ0) is 17.7. The highest BCUT2D eigenvalue weighted by atomic mass is 32.2. The third kappa shape index (κ3) is 4.61. The predicted molar refractivity (Wildman–Crippen MR) is 86.7 cm³/mol. The molecule has 1 N–H and O–H groups in total. The van der Waals surface area contributed by atoms with Crippen LogP contribution in [0.3, 0.4) is 0 Å². The summed E-state index contributed by atoms with van der Waals surface area (Å²) in [6.07, 6.45) is 0. The molecule has 0 saturated heterocycles. The first-order valence-electron chi connectivity index (χ1n) is 7.27. The lowest BCUT2D eigenvalue weighted by molar-refractivity contribution is -0.120. The van der Waals surface area contributed by atoms with E-state index in [1.54, 1.807) is 0 Å². The number of benzene rings is 2. The van der Waals surface area contributed by atoms with Crippen LogP contribution < -0.4 is 5.32 Å². The van der Waals surface area contributed by atoms with Gasteiger partial charge in [-0.1, -0.05) is 30.3 Å². The molecule has 0 heterocycles. The van der Waals surface area contributed by atoms with Gasteiger partial charge in [0.15, 0.2) is 9.84 Å². The summed E-state index contributed by atoms with van der Waals surface area (Å²) in [5, 5.41) is 1.17. The average Bonchev–Trinajstić information content (AvgIpc) is 2.55. The monoisotopic (exact) mass is 353 g/mol. The molecule has 0 aromatic heterocycles. The Bertz CT molecular complexity index is 820. The van der Waals surface area contributed by atoms with Gasteiger partial charge in [0.2, 0.25) is 5.91 Å². The Morgan fingerprint density at radius 1 is 1.08 bits per heavy atom. The molecule has 1 unspecified atom stereocenters. The molecular formula is C17H17F2NO3S. The Kier molecular flexibility index (Phi) is 5.66. The summed E-state index contributed by atoms with van der Waals surface area (Å²) in [6, 6.07) is 11.0. The summed E-state index contributed by atoms with van der Waals surface area (Å²) >= 11 is 0. The van der Waals surface area contributed by atoms with Crippen molar-refractivity contribution in [3.63, 3.8) is 0 Å². The third-order valence-corrected chi connectivity index (χ3v) is 5.61. The van der Waals surface area contributed by atoms with E-state index in [2.05, 4.69) is 5.32 Å². The minimum atomic E-state index is -3.86. The van der Waals surface area contributed by atoms with E-state index in [-0.39, 0.29) is 12.1 Å². The van der Waals surface area contributed by atoms with Crippen LogP contribution in [0.2, 0.25) is 0 Å². The van der Waals surface area contributed by atoms with Gasteiger partial charge in [0.05, 0.1) is 5.75 Å². The second-order valence-corrected chi connectivity index (χ2v) is 7.71. The highest BCUT2D eigenvalue weighted by Gasteiger charge is 2.28. The van der Waals surface area contributed by atoms with Crippen molar-refractivity contribution in [2.75, 3.05) is 0 Å². The topological polar surface area (TPSA) is 63.2 Å². The van der Waals surface area contributed by atoms with Gasteiger partial charge in [0.25, 0.3) is 0 Å². The van der Waals surface area contributed by atoms with E-state index in [1.165, 1.54) is 55.5 Å². The molecule has 0 radical (unpaired) electrons. The van der Waals surface area contributed by atoms with Crippen LogP contribution in [0.25, 0.3) is 0 Å². The maximum atomic E-state index is 13.6. The molecule has 0 aliphatic carbocycles. The standard InChI is InChI=1S/C17H17F2NO3S/c1-12(17(21)20-10-13-6-8-15(18)9-7-13)24(22,23)11-14-4-2-3-5-16(14)19/h2-9,12H,10-11H2,1H3,(H,20,21). The fraction of sp³-hybridized carbons (Fsp3) is 0.235. The molecule has 2 aromatic carbocycles. The molecule has 0 fully saturated rings. The van der Waals surface area contributed by atoms with Crippen LogP contribution in [-0.4, -0.2) is 19.6 Å². The lowest BCUT2D eigenvalue weighted by atomic mass is 10.2. The number of carbonyl (C=O) groups is 1. The molecule has 1 amide bonds. The minimum Gasteiger partial charge on any atom is -0.351 e. The van der Waals surface area contributed by atoms with Gasteiger partial charge in [-0.25, -0.2) is 17.2 Å². The number of carbonyl (C=O) groups excluding carboxylic acids is 1. The van der Waals surface area contributed by atoms with Crippen molar-refractivity contribution >= 4 is 15.7 Å². The molecule has 0 aliphatic rings. The second kappa shape index (κ2) is 7.53. The average molecular weight is 353 g/mol. The van der Waals surface area contributed by atoms with Gasteiger partial charge in [-0.2, -0.15) is 0 Å². The molecular weight excluding hydrogens is 336 g/mol. The second-order valence-electron chi connectivity index (χ2n) is 5.39. The Morgan fingerprint density at radius 2 is 1.71 bits per heavy atom. The van der Waals surface area contributed by atoms with Gasteiger partial charge in [0.1, 0.15) is 16.9 Å². The Balaban J connectivity index is 2.00. The molecule has 0 bridgehead atoms. The predicted octanol–water partition coefficient (Wildman–Crippen LogP) is 2.58. The molecule has 0 aliphatic heterocycles. The molecule has 7 heteroatoms. The number of halogens is 2. The minimum absolute atomic E-state index is 0.0238. The number of rotatable bonds is 6. The fourth-order valence-corrected chi connectivity index (χ4v) is 3.38. The first kappa shape index (κ1) is 18.1. The van der Waals surface area contributed by atoms with E-state index in [0.717, 1.165) is 0 Å². The molecule has 24 heavy (non-hydrogen) atoms. The number of amides is 1. The van der Waals surface area contributed by atoms with Gasteiger partial charge in [-0.05, 0) is 30.7 Å². The van der Waals surface area contributed by atoms with Crippen LogP contribution in [0.4, 0.5) is 8.78 Å². The number of sulfone groups is 1. The number of hydrogen-bond donors (Lipinski definition) is 1. The van der Waals surface area contributed by atoms with E-state index < -0.39 is 38.4 Å². The van der Waals surface area contributed by atoms with E-state index in [4.69, 9.17) is 0 Å². The van der Waals surface area contributed by atoms with Gasteiger partial charge >= 0.3 is 0 Å². The van der Waals surface area contributed by atoms with Crippen molar-refractivity contribution in [1.29, 1.82) is 0 Å². The molecule has 2 aromatic rings. The zero-order valence-electron chi connectivity index (χ0n) is 13.0. The van der Waals surface area contributed by atoms with E-state index >= 15 is 0 Å². The Hall–Kier alpha value is -2.28. The molecule has 128 valence electrons. The largest absolute Gasteiger partial charge is 0.351 e. The number of nitrogens with one attached hydrogen (secondary N) is 1. The van der Waals surface area contributed by atoms with E-state index in [9.17, 15) is 22.0 Å². The first-order valence-corrected chi connectivity index (χ1v) is 8.98. The summed E-state index contributed by atoms with van der Waals surface area (Å²) in [6.45, 7) is 1.34. The number of hydrogen-bond acceptors (Lipinski definition) is 3.